The molecule has 0 N–H and O–H groups in total. The molecule has 1 spiro atoms. The quantitative estimate of drug-likeness (QED) is 0.437. The third-order valence-electron chi connectivity index (χ3n) is 12.1. The molecule has 4 fully saturated rings. The number of likely N-dealkylation sites (tertiary alicyclic amines) is 1. The molecule has 4 heteroatoms. The van der Waals surface area contributed by atoms with E-state index in [2.05, 4.69) is 43.8 Å². The van der Waals surface area contributed by atoms with Crippen LogP contribution in [0.4, 0.5) is 0 Å². The lowest BCUT2D eigenvalue weighted by Gasteiger charge is -2.58. The lowest BCUT2D eigenvalue weighted by Crippen LogP contribution is -2.52. The Morgan fingerprint density at radius 3 is 2.61 bits per heavy atom. The van der Waals surface area contributed by atoms with Crippen LogP contribution in [0.2, 0.25) is 0 Å². The number of nitrogens with zero attached hydrogens (tertiary/aromatic N) is 2. The van der Waals surface area contributed by atoms with E-state index in [0.29, 0.717) is 23.5 Å². The van der Waals surface area contributed by atoms with Crippen molar-refractivity contribution in [2.75, 3.05) is 40.9 Å². The molecule has 8 atom stereocenters. The van der Waals surface area contributed by atoms with Gasteiger partial charge in [-0.3, -0.25) is 4.90 Å². The Bertz CT molecular complexity index is 992. The third-order valence-corrected chi connectivity index (χ3v) is 12.1. The summed E-state index contributed by atoms with van der Waals surface area (Å²) in [6.45, 7) is 8.18. The van der Waals surface area contributed by atoms with Gasteiger partial charge >= 0.3 is 0 Å². The molecule has 0 bridgehead atoms. The number of hydrogen-bond acceptors (Lipinski definition) is 4. The van der Waals surface area contributed by atoms with Crippen LogP contribution >= 0.6 is 0 Å². The van der Waals surface area contributed by atoms with Gasteiger partial charge in [0.05, 0.1) is 7.11 Å². The van der Waals surface area contributed by atoms with Gasteiger partial charge in [-0.15, -0.1) is 0 Å². The lowest BCUT2D eigenvalue weighted by molar-refractivity contribution is -0.0439. The summed E-state index contributed by atoms with van der Waals surface area (Å²) >= 11 is 0. The number of ether oxygens (including phenoxy) is 2. The van der Waals surface area contributed by atoms with Crippen molar-refractivity contribution in [1.29, 1.82) is 0 Å². The Balaban J connectivity index is 1.11. The first-order chi connectivity index (χ1) is 17.4. The van der Waals surface area contributed by atoms with Gasteiger partial charge in [0, 0.05) is 25.2 Å². The van der Waals surface area contributed by atoms with Crippen LogP contribution in [-0.2, 0) is 0 Å². The van der Waals surface area contributed by atoms with Crippen molar-refractivity contribution >= 4 is 0 Å². The van der Waals surface area contributed by atoms with E-state index in [9.17, 15) is 0 Å². The summed E-state index contributed by atoms with van der Waals surface area (Å²) in [6.07, 6.45) is 14.0. The molecule has 5 aliphatic rings. The Hall–Kier alpha value is -1.52. The second-order valence-corrected chi connectivity index (χ2v) is 13.2. The summed E-state index contributed by atoms with van der Waals surface area (Å²) in [5.74, 6) is 5.42. The minimum atomic E-state index is 0.435. The van der Waals surface area contributed by atoms with Gasteiger partial charge in [0.1, 0.15) is 6.61 Å². The van der Waals surface area contributed by atoms with Crippen molar-refractivity contribution in [3.05, 3.63) is 35.9 Å². The van der Waals surface area contributed by atoms with Crippen LogP contribution in [0.3, 0.4) is 0 Å². The van der Waals surface area contributed by atoms with Gasteiger partial charge < -0.3 is 14.4 Å². The van der Waals surface area contributed by atoms with Crippen molar-refractivity contribution in [3.63, 3.8) is 0 Å². The highest BCUT2D eigenvalue weighted by molar-refractivity contribution is 5.39. The second-order valence-electron chi connectivity index (χ2n) is 13.2. The molecule has 0 unspecified atom stereocenters. The van der Waals surface area contributed by atoms with E-state index in [0.717, 1.165) is 47.8 Å². The predicted molar refractivity (Wildman–Crippen MR) is 147 cm³/mol. The number of fused-ring (bicyclic) bond motifs is 4. The number of para-hydroxylation sites is 2. The van der Waals surface area contributed by atoms with E-state index in [1.54, 1.807) is 12.7 Å². The first kappa shape index (κ1) is 24.8. The van der Waals surface area contributed by atoms with Crippen molar-refractivity contribution in [3.8, 4) is 11.5 Å². The van der Waals surface area contributed by atoms with Gasteiger partial charge in [-0.25, -0.2) is 0 Å². The molecular formula is C32H48N2O2. The first-order valence-corrected chi connectivity index (χ1v) is 14.7. The molecule has 1 aromatic carbocycles. The van der Waals surface area contributed by atoms with Gasteiger partial charge in [-0.05, 0) is 119 Å². The van der Waals surface area contributed by atoms with Crippen LogP contribution in [0.5, 0.6) is 11.5 Å². The van der Waals surface area contributed by atoms with E-state index in [-0.39, 0.29) is 0 Å². The van der Waals surface area contributed by atoms with Gasteiger partial charge in [0.2, 0.25) is 0 Å². The number of methoxy groups -OCH3 is 1. The molecule has 1 saturated heterocycles. The van der Waals surface area contributed by atoms with Gasteiger partial charge in [0.25, 0.3) is 0 Å². The van der Waals surface area contributed by atoms with Gasteiger partial charge in [0.15, 0.2) is 11.5 Å². The van der Waals surface area contributed by atoms with Crippen molar-refractivity contribution in [2.24, 2.45) is 34.5 Å². The highest BCUT2D eigenvalue weighted by Gasteiger charge is 2.63. The minimum Gasteiger partial charge on any atom is -0.493 e. The monoisotopic (exact) mass is 492 g/mol. The van der Waals surface area contributed by atoms with Crippen LogP contribution < -0.4 is 9.47 Å². The number of rotatable bonds is 6. The normalized spacial score (nSPS) is 41.8. The Morgan fingerprint density at radius 1 is 1.03 bits per heavy atom. The minimum absolute atomic E-state index is 0.435. The zero-order chi connectivity index (χ0) is 25.1. The number of allylic oxidation sites excluding steroid dienone is 1. The molecule has 4 aliphatic carbocycles. The third kappa shape index (κ3) is 3.76. The molecule has 1 aliphatic heterocycles. The Kier molecular flexibility index (Phi) is 6.44. The van der Waals surface area contributed by atoms with Crippen LogP contribution in [0.1, 0.15) is 65.2 Å². The topological polar surface area (TPSA) is 24.9 Å². The molecule has 198 valence electrons. The molecule has 1 aromatic rings. The van der Waals surface area contributed by atoms with E-state index >= 15 is 0 Å². The zero-order valence-electron chi connectivity index (χ0n) is 23.3. The van der Waals surface area contributed by atoms with Gasteiger partial charge in [-0.2, -0.15) is 0 Å². The molecular weight excluding hydrogens is 444 g/mol. The summed E-state index contributed by atoms with van der Waals surface area (Å²) < 4.78 is 11.5. The molecule has 0 amide bonds. The SMILES string of the molecule is COc1ccccc1OCCN(C)[C@H]1CC[C@@]2(C)C(=CC[C@H]3[C@@H]4CC[C@@H]5[C@H](C)N(C)C[C@@]54CC[C@@H]32)C1. The van der Waals surface area contributed by atoms with Gasteiger partial charge in [-0.1, -0.05) is 30.7 Å². The smallest absolute Gasteiger partial charge is 0.161 e. The standard InChI is InChI=1S/C32H48N2O2/c1-22-26-12-13-28-25-11-10-23-20-24(33(3)18-19-36-30-9-7-6-8-29(30)35-5)14-16-31(23,2)27(25)15-17-32(26,28)21-34(22)4/h6-10,22,24-28H,11-21H2,1-5H3/t22-,24-,25+,26+,27-,28-,31-,32-/m0/s1. The van der Waals surface area contributed by atoms with Crippen LogP contribution in [0.25, 0.3) is 0 Å². The predicted octanol–water partition coefficient (Wildman–Crippen LogP) is 6.27. The maximum atomic E-state index is 6.09. The van der Waals surface area contributed by atoms with Crippen LogP contribution in [0, 0.1) is 34.5 Å². The summed E-state index contributed by atoms with van der Waals surface area (Å²) in [5.41, 5.74) is 2.86. The summed E-state index contributed by atoms with van der Waals surface area (Å²) in [7, 11) is 6.39. The lowest BCUT2D eigenvalue weighted by atomic mass is 9.47. The van der Waals surface area contributed by atoms with E-state index in [4.69, 9.17) is 9.47 Å². The van der Waals surface area contributed by atoms with Crippen molar-refractivity contribution in [2.45, 2.75) is 77.3 Å². The van der Waals surface area contributed by atoms with Crippen LogP contribution in [0.15, 0.2) is 35.9 Å². The second kappa shape index (κ2) is 9.34. The number of benzene rings is 1. The van der Waals surface area contributed by atoms with E-state index in [1.165, 1.54) is 57.9 Å². The van der Waals surface area contributed by atoms with E-state index in [1.807, 2.05) is 24.3 Å². The highest BCUT2D eigenvalue weighted by Crippen LogP contribution is 2.68. The molecule has 36 heavy (non-hydrogen) atoms. The summed E-state index contributed by atoms with van der Waals surface area (Å²) in [6, 6.07) is 9.39. The fourth-order valence-electron chi connectivity index (χ4n) is 10.0. The molecule has 4 nitrogen and oxygen atoms in total. The molecule has 0 radical (unpaired) electrons. The number of likely N-dealkylation sites (N-methyl/N-ethyl adjacent to an activating group) is 1. The largest absolute Gasteiger partial charge is 0.493 e. The molecule has 3 saturated carbocycles. The maximum absolute atomic E-state index is 6.09. The average molecular weight is 493 g/mol. The van der Waals surface area contributed by atoms with Crippen molar-refractivity contribution in [1.82, 2.24) is 9.80 Å². The fraction of sp³-hybridized carbons (Fsp3) is 0.750. The first-order valence-electron chi connectivity index (χ1n) is 14.7. The van der Waals surface area contributed by atoms with E-state index < -0.39 is 0 Å². The highest BCUT2D eigenvalue weighted by atomic mass is 16.5. The average Bonchev–Trinajstić information content (AvgIpc) is 3.37. The maximum Gasteiger partial charge on any atom is 0.161 e. The fourth-order valence-corrected chi connectivity index (χ4v) is 10.0. The zero-order valence-corrected chi connectivity index (χ0v) is 23.3. The summed E-state index contributed by atoms with van der Waals surface area (Å²) in [4.78, 5) is 5.25. The summed E-state index contributed by atoms with van der Waals surface area (Å²) in [5, 5.41) is 0. The molecule has 1 heterocycles. The molecule has 0 aromatic heterocycles. The Morgan fingerprint density at radius 2 is 1.81 bits per heavy atom. The number of hydrogen-bond donors (Lipinski definition) is 0. The molecule has 6 rings (SSSR count). The van der Waals surface area contributed by atoms with Crippen LogP contribution in [-0.4, -0.2) is 62.8 Å². The Labute approximate surface area is 219 Å². The van der Waals surface area contributed by atoms with Crippen molar-refractivity contribution < 1.29 is 9.47 Å².